The molecule has 110 valence electrons. The van der Waals surface area contributed by atoms with Crippen molar-refractivity contribution in [2.24, 2.45) is 5.92 Å². The van der Waals surface area contributed by atoms with Gasteiger partial charge in [-0.05, 0) is 48.4 Å². The van der Waals surface area contributed by atoms with E-state index >= 15 is 0 Å². The molecule has 21 heavy (non-hydrogen) atoms. The topological polar surface area (TPSA) is 38.3 Å². The molecule has 0 bridgehead atoms. The van der Waals surface area contributed by atoms with Gasteiger partial charge in [-0.15, -0.1) is 11.3 Å². The molecule has 0 radical (unpaired) electrons. The van der Waals surface area contributed by atoms with Gasteiger partial charge in [-0.1, -0.05) is 17.7 Å². The molecule has 2 aromatic rings. The van der Waals surface area contributed by atoms with E-state index in [9.17, 15) is 4.79 Å². The van der Waals surface area contributed by atoms with E-state index in [-0.39, 0.29) is 12.0 Å². The summed E-state index contributed by atoms with van der Waals surface area (Å²) in [5, 5.41) is 6.17. The molecule has 1 unspecified atom stereocenters. The molecule has 1 fully saturated rings. The van der Waals surface area contributed by atoms with E-state index in [0.717, 1.165) is 5.69 Å². The number of anilines is 1. The molecule has 1 N–H and O–H groups in total. The highest BCUT2D eigenvalue weighted by Gasteiger charge is 2.33. The molecule has 1 aromatic carbocycles. The zero-order valence-corrected chi connectivity index (χ0v) is 13.2. The number of carbonyl (C=O) groups excluding carboxylic acids is 1. The lowest BCUT2D eigenvalue weighted by Gasteiger charge is -2.20. The Labute approximate surface area is 132 Å². The lowest BCUT2D eigenvalue weighted by Crippen LogP contribution is -2.15. The molecule has 1 heterocycles. The van der Waals surface area contributed by atoms with Crippen molar-refractivity contribution >= 4 is 34.6 Å². The largest absolute Gasteiger partial charge is 0.465 e. The van der Waals surface area contributed by atoms with Crippen LogP contribution in [-0.4, -0.2) is 13.1 Å². The summed E-state index contributed by atoms with van der Waals surface area (Å²) < 4.78 is 4.85. The van der Waals surface area contributed by atoms with Crippen LogP contribution >= 0.6 is 22.9 Å². The molecule has 1 aliphatic carbocycles. The Morgan fingerprint density at radius 3 is 2.86 bits per heavy atom. The highest BCUT2D eigenvalue weighted by atomic mass is 35.5. The molecule has 5 heteroatoms. The maximum absolute atomic E-state index is 11.9. The van der Waals surface area contributed by atoms with Gasteiger partial charge in [-0.2, -0.15) is 0 Å². The Hall–Kier alpha value is -1.52. The third kappa shape index (κ3) is 3.22. The Kier molecular flexibility index (Phi) is 4.17. The fourth-order valence-corrected chi connectivity index (χ4v) is 3.45. The van der Waals surface area contributed by atoms with Gasteiger partial charge in [0.1, 0.15) is 0 Å². The average Bonchev–Trinajstić information content (AvgIpc) is 3.18. The number of ether oxygens (including phenoxy) is 1. The molecule has 1 aromatic heterocycles. The van der Waals surface area contributed by atoms with E-state index in [1.807, 2.05) is 0 Å². The quantitative estimate of drug-likeness (QED) is 0.807. The van der Waals surface area contributed by atoms with Crippen LogP contribution in [0.2, 0.25) is 5.02 Å². The summed E-state index contributed by atoms with van der Waals surface area (Å²) in [6.07, 6.45) is 2.42. The number of thiophene rings is 1. The van der Waals surface area contributed by atoms with Gasteiger partial charge in [0.05, 0.1) is 24.4 Å². The molecule has 0 spiro atoms. The summed E-state index contributed by atoms with van der Waals surface area (Å²) in [7, 11) is 1.39. The molecule has 1 atom stereocenters. The van der Waals surface area contributed by atoms with Crippen LogP contribution in [-0.2, 0) is 4.74 Å². The maximum Gasteiger partial charge on any atom is 0.339 e. The van der Waals surface area contributed by atoms with Crippen molar-refractivity contribution in [3.8, 4) is 0 Å². The third-order valence-corrected chi connectivity index (χ3v) is 4.83. The minimum Gasteiger partial charge on any atom is -0.465 e. The van der Waals surface area contributed by atoms with Gasteiger partial charge in [-0.25, -0.2) is 4.79 Å². The average molecular weight is 322 g/mol. The zero-order chi connectivity index (χ0) is 14.8. The number of rotatable bonds is 5. The van der Waals surface area contributed by atoms with Crippen molar-refractivity contribution in [1.82, 2.24) is 0 Å². The Balaban J connectivity index is 1.92. The van der Waals surface area contributed by atoms with Gasteiger partial charge in [-0.3, -0.25) is 0 Å². The third-order valence-electron chi connectivity index (χ3n) is 3.64. The fourth-order valence-electron chi connectivity index (χ4n) is 2.41. The molecular formula is C16H16ClNO2S. The van der Waals surface area contributed by atoms with E-state index in [1.165, 1.54) is 24.8 Å². The van der Waals surface area contributed by atoms with Crippen molar-refractivity contribution in [2.75, 3.05) is 12.4 Å². The summed E-state index contributed by atoms with van der Waals surface area (Å²) in [4.78, 5) is 13.2. The predicted octanol–water partition coefficient (Wildman–Crippen LogP) is 4.75. The van der Waals surface area contributed by atoms with Gasteiger partial charge in [0, 0.05) is 9.90 Å². The number of halogens is 1. The van der Waals surface area contributed by atoms with E-state index < -0.39 is 0 Å². The normalized spacial score (nSPS) is 15.5. The molecule has 0 amide bonds. The molecule has 3 rings (SSSR count). The van der Waals surface area contributed by atoms with Crippen molar-refractivity contribution < 1.29 is 9.53 Å². The number of hydrogen-bond donors (Lipinski definition) is 1. The van der Waals surface area contributed by atoms with Crippen LogP contribution in [0.3, 0.4) is 0 Å². The second-order valence-corrected chi connectivity index (χ2v) is 6.57. The van der Waals surface area contributed by atoms with Gasteiger partial charge < -0.3 is 10.1 Å². The Bertz CT molecular complexity index is 638. The standard InChI is InChI=1S/C16H16ClNO2S/c1-20-16(19)12-7-6-11(17)9-13(12)18-15(10-4-5-10)14-3-2-8-21-14/h2-3,6-10,15,18H,4-5H2,1H3. The molecule has 1 aliphatic rings. The minimum atomic E-state index is -0.352. The monoisotopic (exact) mass is 321 g/mol. The van der Waals surface area contributed by atoms with Crippen LogP contribution in [0.5, 0.6) is 0 Å². The first kappa shape index (κ1) is 14.4. The smallest absolute Gasteiger partial charge is 0.339 e. The summed E-state index contributed by atoms with van der Waals surface area (Å²) in [6, 6.07) is 9.60. The van der Waals surface area contributed by atoms with Crippen LogP contribution in [0, 0.1) is 5.92 Å². The Morgan fingerprint density at radius 2 is 2.24 bits per heavy atom. The molecule has 1 saturated carbocycles. The number of esters is 1. The maximum atomic E-state index is 11.9. The van der Waals surface area contributed by atoms with Crippen molar-refractivity contribution in [1.29, 1.82) is 0 Å². The lowest BCUT2D eigenvalue weighted by molar-refractivity contribution is 0.0602. The number of nitrogens with one attached hydrogen (secondary N) is 1. The first-order chi connectivity index (χ1) is 10.2. The van der Waals surface area contributed by atoms with Crippen molar-refractivity contribution in [2.45, 2.75) is 18.9 Å². The first-order valence-corrected chi connectivity index (χ1v) is 8.12. The summed E-state index contributed by atoms with van der Waals surface area (Å²) >= 11 is 7.81. The number of carbonyl (C=O) groups is 1. The van der Waals surface area contributed by atoms with Crippen LogP contribution in [0.1, 0.15) is 34.1 Å². The van der Waals surface area contributed by atoms with Crippen LogP contribution in [0.4, 0.5) is 5.69 Å². The van der Waals surface area contributed by atoms with Gasteiger partial charge in [0.15, 0.2) is 0 Å². The summed E-state index contributed by atoms with van der Waals surface area (Å²) in [5.41, 5.74) is 1.25. The Morgan fingerprint density at radius 1 is 1.43 bits per heavy atom. The molecular weight excluding hydrogens is 306 g/mol. The summed E-state index contributed by atoms with van der Waals surface area (Å²) in [6.45, 7) is 0. The van der Waals surface area contributed by atoms with E-state index in [4.69, 9.17) is 16.3 Å². The number of hydrogen-bond acceptors (Lipinski definition) is 4. The molecule has 0 saturated heterocycles. The van der Waals surface area contributed by atoms with Gasteiger partial charge >= 0.3 is 5.97 Å². The lowest BCUT2D eigenvalue weighted by atomic mass is 10.1. The predicted molar refractivity (Wildman–Crippen MR) is 86.2 cm³/mol. The second-order valence-electron chi connectivity index (χ2n) is 5.16. The van der Waals surface area contributed by atoms with E-state index in [2.05, 4.69) is 22.8 Å². The van der Waals surface area contributed by atoms with E-state index in [0.29, 0.717) is 16.5 Å². The highest BCUT2D eigenvalue weighted by Crippen LogP contribution is 2.44. The van der Waals surface area contributed by atoms with Gasteiger partial charge in [0.25, 0.3) is 0 Å². The second kappa shape index (κ2) is 6.08. The minimum absolute atomic E-state index is 0.229. The number of methoxy groups -OCH3 is 1. The highest BCUT2D eigenvalue weighted by molar-refractivity contribution is 7.10. The van der Waals surface area contributed by atoms with Crippen molar-refractivity contribution in [3.63, 3.8) is 0 Å². The van der Waals surface area contributed by atoms with Crippen LogP contribution < -0.4 is 5.32 Å². The van der Waals surface area contributed by atoms with Crippen LogP contribution in [0.15, 0.2) is 35.7 Å². The molecule has 3 nitrogen and oxygen atoms in total. The van der Waals surface area contributed by atoms with Crippen LogP contribution in [0.25, 0.3) is 0 Å². The summed E-state index contributed by atoms with van der Waals surface area (Å²) in [5.74, 6) is 0.267. The van der Waals surface area contributed by atoms with E-state index in [1.54, 1.807) is 29.5 Å². The van der Waals surface area contributed by atoms with Gasteiger partial charge in [0.2, 0.25) is 0 Å². The SMILES string of the molecule is COC(=O)c1ccc(Cl)cc1NC(c1cccs1)C1CC1. The zero-order valence-electron chi connectivity index (χ0n) is 11.6. The fraction of sp³-hybridized carbons (Fsp3) is 0.312. The number of benzene rings is 1. The first-order valence-electron chi connectivity index (χ1n) is 6.87. The van der Waals surface area contributed by atoms with Crippen molar-refractivity contribution in [3.05, 3.63) is 51.2 Å². The molecule has 0 aliphatic heterocycles.